The molecular formula is C30H43F3N2O4. The van der Waals surface area contributed by atoms with Crippen LogP contribution in [-0.4, -0.2) is 51.2 Å². The number of phenols is 1. The number of carboxylic acids is 1. The van der Waals surface area contributed by atoms with E-state index in [2.05, 4.69) is 5.32 Å². The molecule has 0 fully saturated rings. The van der Waals surface area contributed by atoms with Crippen LogP contribution in [0.2, 0.25) is 0 Å². The van der Waals surface area contributed by atoms with Gasteiger partial charge in [0, 0.05) is 25.2 Å². The van der Waals surface area contributed by atoms with Crippen molar-refractivity contribution < 1.29 is 33.3 Å². The largest absolute Gasteiger partial charge is 0.505 e. The van der Waals surface area contributed by atoms with E-state index in [0.717, 1.165) is 11.1 Å². The molecule has 1 aromatic rings. The SMILES string of the molecule is CCC(CCN(C1C=C(C)C=C(C)C1)C(O)/C(C)=C\Nc1cccc(CCC(C)CC(=O)O)c1O)C(F)(F)F. The summed E-state index contributed by atoms with van der Waals surface area (Å²) in [6.45, 7) is 9.06. The highest BCUT2D eigenvalue weighted by molar-refractivity contribution is 5.67. The number of rotatable bonds is 14. The molecule has 4 atom stereocenters. The number of aromatic hydroxyl groups is 1. The number of nitrogens with zero attached hydrogens (tertiary/aromatic N) is 1. The highest BCUT2D eigenvalue weighted by atomic mass is 19.4. The Balaban J connectivity index is 2.20. The Labute approximate surface area is 229 Å². The van der Waals surface area contributed by atoms with E-state index in [4.69, 9.17) is 5.11 Å². The molecule has 0 aliphatic heterocycles. The fourth-order valence-corrected chi connectivity index (χ4v) is 5.01. The molecule has 2 rings (SSSR count). The maximum Gasteiger partial charge on any atom is 0.391 e. The van der Waals surface area contributed by atoms with E-state index in [-0.39, 0.29) is 43.5 Å². The van der Waals surface area contributed by atoms with Crippen molar-refractivity contribution in [2.75, 3.05) is 11.9 Å². The molecule has 1 aliphatic carbocycles. The summed E-state index contributed by atoms with van der Waals surface area (Å²) in [5, 5.41) is 34.0. The van der Waals surface area contributed by atoms with E-state index < -0.39 is 24.3 Å². The summed E-state index contributed by atoms with van der Waals surface area (Å²) >= 11 is 0. The molecule has 9 heteroatoms. The standard InChI is InChI=1S/C30H43F3N2O4/c1-6-24(30(31,32)33)12-13-35(25-15-20(3)14-21(4)16-25)29(39)22(5)18-34-26-9-7-8-23(28(26)38)11-10-19(2)17-27(36)37/h7-9,14-15,18-19,24-25,29,34,38-39H,6,10-13,16-17H2,1-5H3,(H,36,37)/b22-18-. The Morgan fingerprint density at radius 1 is 1.26 bits per heavy atom. The number of aliphatic hydroxyl groups is 1. The predicted octanol–water partition coefficient (Wildman–Crippen LogP) is 7.02. The molecule has 0 saturated heterocycles. The molecule has 0 bridgehead atoms. The van der Waals surface area contributed by atoms with Gasteiger partial charge in [-0.2, -0.15) is 13.2 Å². The fraction of sp³-hybridized carbons (Fsp3) is 0.567. The fourth-order valence-electron chi connectivity index (χ4n) is 5.01. The van der Waals surface area contributed by atoms with E-state index in [1.807, 2.05) is 32.9 Å². The number of hydrogen-bond donors (Lipinski definition) is 4. The van der Waals surface area contributed by atoms with Gasteiger partial charge in [0.05, 0.1) is 11.6 Å². The molecular weight excluding hydrogens is 509 g/mol. The lowest BCUT2D eigenvalue weighted by molar-refractivity contribution is -0.179. The van der Waals surface area contributed by atoms with Gasteiger partial charge >= 0.3 is 12.1 Å². The first-order valence-electron chi connectivity index (χ1n) is 13.5. The molecule has 0 spiro atoms. The van der Waals surface area contributed by atoms with Gasteiger partial charge in [0.15, 0.2) is 0 Å². The second-order valence-electron chi connectivity index (χ2n) is 10.8. The zero-order valence-corrected chi connectivity index (χ0v) is 23.6. The number of carbonyl (C=O) groups is 1. The number of alkyl halides is 3. The van der Waals surface area contributed by atoms with Crippen molar-refractivity contribution in [2.24, 2.45) is 11.8 Å². The van der Waals surface area contributed by atoms with Gasteiger partial charge in [-0.05, 0) is 76.0 Å². The molecule has 1 aliphatic rings. The number of benzene rings is 1. The summed E-state index contributed by atoms with van der Waals surface area (Å²) < 4.78 is 40.4. The van der Waals surface area contributed by atoms with Gasteiger partial charge in [-0.15, -0.1) is 0 Å². The second kappa shape index (κ2) is 14.6. The Morgan fingerprint density at radius 2 is 1.95 bits per heavy atom. The molecule has 0 heterocycles. The maximum absolute atomic E-state index is 13.5. The number of carboxylic acid groups (broad SMARTS) is 1. The average molecular weight is 553 g/mol. The third kappa shape index (κ3) is 10.0. The predicted molar refractivity (Wildman–Crippen MR) is 148 cm³/mol. The Bertz CT molecular complexity index is 1060. The first kappa shape index (κ1) is 32.4. The summed E-state index contributed by atoms with van der Waals surface area (Å²) in [4.78, 5) is 12.6. The van der Waals surface area contributed by atoms with Crippen LogP contribution in [-0.2, 0) is 11.2 Å². The van der Waals surface area contributed by atoms with Crippen LogP contribution in [0, 0.1) is 11.8 Å². The van der Waals surface area contributed by atoms with Gasteiger partial charge in [0.25, 0.3) is 0 Å². The number of aliphatic hydroxyl groups excluding tert-OH is 1. The van der Waals surface area contributed by atoms with Gasteiger partial charge in [0.1, 0.15) is 12.0 Å². The van der Waals surface area contributed by atoms with E-state index in [0.29, 0.717) is 36.1 Å². The summed E-state index contributed by atoms with van der Waals surface area (Å²) in [5.41, 5.74) is 3.69. The number of anilines is 1. The van der Waals surface area contributed by atoms with Crippen molar-refractivity contribution in [1.29, 1.82) is 0 Å². The van der Waals surface area contributed by atoms with E-state index in [9.17, 15) is 28.2 Å². The number of halogens is 3. The van der Waals surface area contributed by atoms with Crippen LogP contribution >= 0.6 is 0 Å². The van der Waals surface area contributed by atoms with E-state index >= 15 is 0 Å². The molecule has 0 radical (unpaired) electrons. The van der Waals surface area contributed by atoms with E-state index in [1.54, 1.807) is 36.2 Å². The molecule has 0 aromatic heterocycles. The lowest BCUT2D eigenvalue weighted by atomic mass is 9.94. The minimum absolute atomic E-state index is 0.0209. The first-order chi connectivity index (χ1) is 18.2. The van der Waals surface area contributed by atoms with Gasteiger partial charge in [-0.25, -0.2) is 0 Å². The minimum Gasteiger partial charge on any atom is -0.505 e. The third-order valence-electron chi connectivity index (χ3n) is 7.30. The molecule has 0 amide bonds. The van der Waals surface area contributed by atoms with Crippen molar-refractivity contribution in [1.82, 2.24) is 4.90 Å². The van der Waals surface area contributed by atoms with Crippen molar-refractivity contribution in [3.05, 3.63) is 58.8 Å². The summed E-state index contributed by atoms with van der Waals surface area (Å²) in [7, 11) is 0. The smallest absolute Gasteiger partial charge is 0.391 e. The van der Waals surface area contributed by atoms with E-state index in [1.165, 1.54) is 6.92 Å². The lowest BCUT2D eigenvalue weighted by Crippen LogP contribution is -2.45. The lowest BCUT2D eigenvalue weighted by Gasteiger charge is -2.37. The molecule has 1 aromatic carbocycles. The monoisotopic (exact) mass is 552 g/mol. The van der Waals surface area contributed by atoms with Crippen molar-refractivity contribution in [3.8, 4) is 5.75 Å². The molecule has 218 valence electrons. The summed E-state index contributed by atoms with van der Waals surface area (Å²) in [6.07, 6.45) is 1.79. The Hall–Kier alpha value is -2.78. The van der Waals surface area contributed by atoms with Crippen LogP contribution in [0.4, 0.5) is 18.9 Å². The molecule has 4 N–H and O–H groups in total. The highest BCUT2D eigenvalue weighted by Crippen LogP contribution is 2.33. The van der Waals surface area contributed by atoms with Gasteiger partial charge in [-0.1, -0.05) is 49.3 Å². The second-order valence-corrected chi connectivity index (χ2v) is 10.8. The number of phenolic OH excluding ortho intramolecular Hbond substituents is 1. The normalized spacial score (nSPS) is 18.8. The van der Waals surface area contributed by atoms with Crippen molar-refractivity contribution in [2.45, 2.75) is 91.6 Å². The van der Waals surface area contributed by atoms with Crippen molar-refractivity contribution >= 4 is 11.7 Å². The Morgan fingerprint density at radius 3 is 2.54 bits per heavy atom. The molecule has 39 heavy (non-hydrogen) atoms. The molecule has 0 saturated carbocycles. The first-order valence-corrected chi connectivity index (χ1v) is 13.5. The quantitative estimate of drug-likeness (QED) is 0.147. The number of aryl methyl sites for hydroxylation is 1. The van der Waals surface area contributed by atoms with Crippen LogP contribution in [0.1, 0.15) is 72.3 Å². The highest BCUT2D eigenvalue weighted by Gasteiger charge is 2.39. The number of aliphatic carboxylic acids is 1. The maximum atomic E-state index is 13.5. The molecule has 4 unspecified atom stereocenters. The van der Waals surface area contributed by atoms with Crippen molar-refractivity contribution in [3.63, 3.8) is 0 Å². The summed E-state index contributed by atoms with van der Waals surface area (Å²) in [6, 6.07) is 4.99. The van der Waals surface area contributed by atoms with Gasteiger partial charge < -0.3 is 20.6 Å². The summed E-state index contributed by atoms with van der Waals surface area (Å²) in [5.74, 6) is -2.30. The Kier molecular flexibility index (Phi) is 12.1. The number of nitrogens with one attached hydrogen (secondary N) is 1. The number of para-hydroxylation sites is 1. The number of allylic oxidation sites excluding steroid dienone is 2. The van der Waals surface area contributed by atoms with Crippen LogP contribution in [0.5, 0.6) is 5.75 Å². The van der Waals surface area contributed by atoms with Crippen LogP contribution in [0.25, 0.3) is 0 Å². The zero-order chi connectivity index (χ0) is 29.3. The topological polar surface area (TPSA) is 93.0 Å². The van der Waals surface area contributed by atoms with Crippen LogP contribution < -0.4 is 5.32 Å². The number of hydrogen-bond acceptors (Lipinski definition) is 5. The average Bonchev–Trinajstić information content (AvgIpc) is 2.83. The minimum atomic E-state index is -4.29. The zero-order valence-electron chi connectivity index (χ0n) is 23.6. The third-order valence-corrected chi connectivity index (χ3v) is 7.30. The van der Waals surface area contributed by atoms with Crippen LogP contribution in [0.3, 0.4) is 0 Å². The van der Waals surface area contributed by atoms with Crippen LogP contribution in [0.15, 0.2) is 53.3 Å². The van der Waals surface area contributed by atoms with Gasteiger partial charge in [-0.3, -0.25) is 9.69 Å². The molecule has 6 nitrogen and oxygen atoms in total. The van der Waals surface area contributed by atoms with Gasteiger partial charge in [0.2, 0.25) is 0 Å².